The Morgan fingerprint density at radius 2 is 2.39 bits per heavy atom. The number of hydrogen-bond donors (Lipinski definition) is 3. The third-order valence-corrected chi connectivity index (χ3v) is 3.84. The second kappa shape index (κ2) is 7.58. The molecule has 9 nitrogen and oxygen atoms in total. The number of nitrogens with one attached hydrogen (secondary N) is 2. The zero-order valence-corrected chi connectivity index (χ0v) is 12.9. The summed E-state index contributed by atoms with van der Waals surface area (Å²) >= 11 is 1.06. The predicted molar refractivity (Wildman–Crippen MR) is 83.1 cm³/mol. The first-order valence-electron chi connectivity index (χ1n) is 6.60. The topological polar surface area (TPSA) is 133 Å². The molecular formula is C13H14N4O5S. The monoisotopic (exact) mass is 338 g/mol. The van der Waals surface area contributed by atoms with E-state index in [0.717, 1.165) is 11.8 Å². The lowest BCUT2D eigenvalue weighted by atomic mass is 10.2. The number of carboxylic acids is 1. The minimum absolute atomic E-state index is 0.144. The predicted octanol–water partition coefficient (Wildman–Crippen LogP) is 0.180. The normalized spacial score (nSPS) is 20.7. The molecule has 1 aliphatic rings. The van der Waals surface area contributed by atoms with Crippen molar-refractivity contribution < 1.29 is 23.9 Å². The fourth-order valence-corrected chi connectivity index (χ4v) is 2.54. The van der Waals surface area contributed by atoms with Crippen LogP contribution in [0.2, 0.25) is 0 Å². The number of thioether (sulfide) groups is 1. The Labute approximate surface area is 135 Å². The number of aliphatic carboxylic acids is 1. The quantitative estimate of drug-likeness (QED) is 0.500. The van der Waals surface area contributed by atoms with Gasteiger partial charge in [-0.3, -0.25) is 14.4 Å². The van der Waals surface area contributed by atoms with Crippen LogP contribution in [0.25, 0.3) is 0 Å². The van der Waals surface area contributed by atoms with Crippen molar-refractivity contribution in [3.8, 4) is 0 Å². The van der Waals surface area contributed by atoms with E-state index in [2.05, 4.69) is 20.8 Å². The van der Waals surface area contributed by atoms with Gasteiger partial charge in [0.25, 0.3) is 0 Å². The lowest BCUT2D eigenvalue weighted by Crippen LogP contribution is -2.40. The number of hydrogen-bond acceptors (Lipinski definition) is 7. The summed E-state index contributed by atoms with van der Waals surface area (Å²) in [5, 5.41) is 20.7. The largest absolute Gasteiger partial charge is 0.480 e. The number of amides is 2. The van der Waals surface area contributed by atoms with Gasteiger partial charge in [-0.25, -0.2) is 0 Å². The minimum atomic E-state index is -1.14. The highest BCUT2D eigenvalue weighted by Gasteiger charge is 2.32. The van der Waals surface area contributed by atoms with Crippen LogP contribution in [0.5, 0.6) is 0 Å². The summed E-state index contributed by atoms with van der Waals surface area (Å²) in [7, 11) is 0. The highest BCUT2D eigenvalue weighted by molar-refractivity contribution is 8.15. The molecule has 0 bridgehead atoms. The van der Waals surface area contributed by atoms with E-state index >= 15 is 0 Å². The molecule has 2 rings (SSSR count). The van der Waals surface area contributed by atoms with Crippen LogP contribution in [0.4, 0.5) is 0 Å². The summed E-state index contributed by atoms with van der Waals surface area (Å²) in [5.74, 6) is -1.52. The lowest BCUT2D eigenvalue weighted by molar-refractivity contribution is -0.141. The maximum Gasteiger partial charge on any atom is 0.325 e. The van der Waals surface area contributed by atoms with Crippen LogP contribution in [-0.2, 0) is 14.4 Å². The van der Waals surface area contributed by atoms with E-state index in [0.29, 0.717) is 5.76 Å². The van der Waals surface area contributed by atoms with Gasteiger partial charge in [0, 0.05) is 6.42 Å². The standard InChI is InChI=1S/C13H14N4O5S/c1-7(12(20)21)15-10(18)5-9-11(19)16-13(23-9)17-14-6-8-3-2-4-22-8/h2-4,6-7,9H,5H2,1H3,(H,15,18)(H,20,21)(H,16,17,19)/b14-6-/t7-,9-/m0/s1. The molecule has 0 aromatic carbocycles. The molecule has 23 heavy (non-hydrogen) atoms. The molecule has 122 valence electrons. The minimum Gasteiger partial charge on any atom is -0.480 e. The van der Waals surface area contributed by atoms with Crippen molar-refractivity contribution in [2.24, 2.45) is 10.2 Å². The van der Waals surface area contributed by atoms with Crippen molar-refractivity contribution in [1.82, 2.24) is 10.6 Å². The Kier molecular flexibility index (Phi) is 5.52. The first-order chi connectivity index (χ1) is 11.0. The fraction of sp³-hybridized carbons (Fsp3) is 0.308. The molecule has 1 aromatic rings. The number of carbonyl (C=O) groups excluding carboxylic acids is 2. The van der Waals surface area contributed by atoms with Crippen LogP contribution in [0.3, 0.4) is 0 Å². The van der Waals surface area contributed by atoms with Crippen LogP contribution < -0.4 is 10.6 Å². The van der Waals surface area contributed by atoms with Crippen molar-refractivity contribution in [1.29, 1.82) is 0 Å². The molecule has 10 heteroatoms. The van der Waals surface area contributed by atoms with E-state index in [1.54, 1.807) is 12.1 Å². The number of carbonyl (C=O) groups is 3. The first kappa shape index (κ1) is 16.7. The SMILES string of the molecule is C[C@H](NC(=O)C[C@@H]1S/C(=N/N=C\c2ccco2)NC1=O)C(=O)O. The van der Waals surface area contributed by atoms with Crippen LogP contribution in [0.15, 0.2) is 33.0 Å². The van der Waals surface area contributed by atoms with E-state index in [1.165, 1.54) is 19.4 Å². The summed E-state index contributed by atoms with van der Waals surface area (Å²) in [6.07, 6.45) is 2.73. The van der Waals surface area contributed by atoms with Crippen LogP contribution in [0.1, 0.15) is 19.1 Å². The maximum atomic E-state index is 11.8. The molecule has 0 aliphatic carbocycles. The summed E-state index contributed by atoms with van der Waals surface area (Å²) in [6.45, 7) is 1.35. The Morgan fingerprint density at radius 3 is 3.04 bits per heavy atom. The van der Waals surface area contributed by atoms with Gasteiger partial charge in [0.2, 0.25) is 11.8 Å². The van der Waals surface area contributed by atoms with Crippen LogP contribution >= 0.6 is 11.8 Å². The van der Waals surface area contributed by atoms with Gasteiger partial charge >= 0.3 is 5.97 Å². The van der Waals surface area contributed by atoms with Crippen molar-refractivity contribution >= 4 is 40.9 Å². The number of carboxylic acid groups (broad SMARTS) is 1. The number of rotatable bonds is 6. The van der Waals surface area contributed by atoms with Gasteiger partial charge in [0.1, 0.15) is 17.1 Å². The average Bonchev–Trinajstić information content (AvgIpc) is 3.09. The van der Waals surface area contributed by atoms with E-state index in [1.807, 2.05) is 0 Å². The molecule has 2 amide bonds. The Hall–Kier alpha value is -2.62. The summed E-state index contributed by atoms with van der Waals surface area (Å²) in [4.78, 5) is 34.1. The highest BCUT2D eigenvalue weighted by Crippen LogP contribution is 2.22. The first-order valence-corrected chi connectivity index (χ1v) is 7.48. The van der Waals surface area contributed by atoms with Gasteiger partial charge in [0.15, 0.2) is 5.17 Å². The van der Waals surface area contributed by atoms with Gasteiger partial charge in [-0.15, -0.1) is 5.10 Å². The molecule has 0 unspecified atom stereocenters. The summed E-state index contributed by atoms with van der Waals surface area (Å²) < 4.78 is 5.04. The highest BCUT2D eigenvalue weighted by atomic mass is 32.2. The third-order valence-electron chi connectivity index (χ3n) is 2.77. The van der Waals surface area contributed by atoms with E-state index in [9.17, 15) is 14.4 Å². The number of amidine groups is 1. The fourth-order valence-electron chi connectivity index (χ4n) is 1.62. The molecule has 0 spiro atoms. The average molecular weight is 338 g/mol. The Bertz CT molecular complexity index is 655. The second-order valence-electron chi connectivity index (χ2n) is 4.59. The van der Waals surface area contributed by atoms with Crippen molar-refractivity contribution in [2.75, 3.05) is 0 Å². The van der Waals surface area contributed by atoms with Gasteiger partial charge in [-0.05, 0) is 19.1 Å². The molecule has 1 fully saturated rings. The Morgan fingerprint density at radius 1 is 1.61 bits per heavy atom. The second-order valence-corrected chi connectivity index (χ2v) is 5.78. The smallest absolute Gasteiger partial charge is 0.325 e. The molecule has 0 radical (unpaired) electrons. The van der Waals surface area contributed by atoms with Gasteiger partial charge in [0.05, 0.1) is 12.5 Å². The summed E-state index contributed by atoms with van der Waals surface area (Å²) in [6, 6.07) is 2.39. The lowest BCUT2D eigenvalue weighted by Gasteiger charge is -2.10. The van der Waals surface area contributed by atoms with E-state index in [-0.39, 0.29) is 17.5 Å². The van der Waals surface area contributed by atoms with Gasteiger partial charge < -0.3 is 20.2 Å². The Balaban J connectivity index is 1.87. The summed E-state index contributed by atoms with van der Waals surface area (Å²) in [5.41, 5.74) is 0. The molecule has 0 saturated carbocycles. The molecule has 2 atom stereocenters. The molecule has 1 aromatic heterocycles. The molecule has 1 saturated heterocycles. The van der Waals surface area contributed by atoms with E-state index in [4.69, 9.17) is 9.52 Å². The van der Waals surface area contributed by atoms with Crippen LogP contribution in [-0.4, -0.2) is 45.6 Å². The zero-order chi connectivity index (χ0) is 16.8. The third kappa shape index (κ3) is 4.95. The van der Waals surface area contributed by atoms with Crippen LogP contribution in [0, 0.1) is 0 Å². The molecule has 2 heterocycles. The molecule has 3 N–H and O–H groups in total. The van der Waals surface area contributed by atoms with Crippen molar-refractivity contribution in [3.63, 3.8) is 0 Å². The maximum absolute atomic E-state index is 11.8. The zero-order valence-electron chi connectivity index (χ0n) is 12.1. The number of furan rings is 1. The van der Waals surface area contributed by atoms with Crippen molar-refractivity contribution in [2.45, 2.75) is 24.6 Å². The van der Waals surface area contributed by atoms with E-state index < -0.39 is 23.2 Å². The van der Waals surface area contributed by atoms with Gasteiger partial charge in [-0.1, -0.05) is 11.8 Å². The molecular weight excluding hydrogens is 324 g/mol. The number of nitrogens with zero attached hydrogens (tertiary/aromatic N) is 2. The van der Waals surface area contributed by atoms with Gasteiger partial charge in [-0.2, -0.15) is 5.10 Å². The van der Waals surface area contributed by atoms with Crippen molar-refractivity contribution in [3.05, 3.63) is 24.2 Å². The molecule has 1 aliphatic heterocycles.